The minimum absolute atomic E-state index is 0.0473. The largest absolute Gasteiger partial charge is 0.453 e. The van der Waals surface area contributed by atoms with E-state index in [-0.39, 0.29) is 39.5 Å². The van der Waals surface area contributed by atoms with Crippen molar-refractivity contribution in [1.29, 1.82) is 0 Å². The van der Waals surface area contributed by atoms with E-state index in [1.807, 2.05) is 13.8 Å². The summed E-state index contributed by atoms with van der Waals surface area (Å²) >= 11 is 12.5. The second-order valence-electron chi connectivity index (χ2n) is 6.21. The smallest absolute Gasteiger partial charge is 0.341 e. The second-order valence-corrected chi connectivity index (χ2v) is 7.02. The summed E-state index contributed by atoms with van der Waals surface area (Å²) < 4.78 is 7.25. The number of amides is 1. The van der Waals surface area contributed by atoms with E-state index >= 15 is 0 Å². The Labute approximate surface area is 169 Å². The van der Waals surface area contributed by atoms with Crippen LogP contribution in [0.3, 0.4) is 0 Å². The summed E-state index contributed by atoms with van der Waals surface area (Å²) in [5, 5.41) is 6.22. The first-order valence-corrected chi connectivity index (χ1v) is 8.97. The standard InChI is InChI=1S/C18H15Cl2N3O5/c1-9(2)23-8-11(3-4-15(23)24)27-17-12(19)5-10(6-13(17)20)21-18(26)14-7-16(25)28-22-14/h3-6,8-9H,7H2,1-2H3,(H,21,26). The topological polar surface area (TPSA) is 99.0 Å². The van der Waals surface area contributed by atoms with Gasteiger partial charge in [-0.3, -0.25) is 9.59 Å². The molecule has 0 fully saturated rings. The molecular weight excluding hydrogens is 409 g/mol. The maximum Gasteiger partial charge on any atom is 0.341 e. The number of halogens is 2. The van der Waals surface area contributed by atoms with Gasteiger partial charge in [-0.2, -0.15) is 0 Å². The van der Waals surface area contributed by atoms with Crippen molar-refractivity contribution in [3.8, 4) is 11.5 Å². The van der Waals surface area contributed by atoms with Gasteiger partial charge in [0.2, 0.25) is 0 Å². The van der Waals surface area contributed by atoms with Gasteiger partial charge >= 0.3 is 5.97 Å². The molecule has 1 aromatic carbocycles. The van der Waals surface area contributed by atoms with E-state index in [4.69, 9.17) is 27.9 Å². The summed E-state index contributed by atoms with van der Waals surface area (Å²) in [7, 11) is 0. The third-order valence-corrected chi connectivity index (χ3v) is 4.34. The Bertz CT molecular complexity index is 1020. The van der Waals surface area contributed by atoms with Gasteiger partial charge < -0.3 is 19.5 Å². The van der Waals surface area contributed by atoms with Crippen LogP contribution in [0.15, 0.2) is 40.4 Å². The van der Waals surface area contributed by atoms with Crippen molar-refractivity contribution in [2.45, 2.75) is 26.3 Å². The van der Waals surface area contributed by atoms with Crippen molar-refractivity contribution in [2.75, 3.05) is 5.32 Å². The predicted octanol–water partition coefficient (Wildman–Crippen LogP) is 3.77. The number of nitrogens with one attached hydrogen (secondary N) is 1. The van der Waals surface area contributed by atoms with Crippen LogP contribution < -0.4 is 15.6 Å². The molecule has 0 unspecified atom stereocenters. The maximum atomic E-state index is 12.1. The Morgan fingerprint density at radius 2 is 1.93 bits per heavy atom. The average molecular weight is 424 g/mol. The number of hydrogen-bond acceptors (Lipinski definition) is 6. The lowest BCUT2D eigenvalue weighted by atomic mass is 10.2. The fourth-order valence-corrected chi connectivity index (χ4v) is 2.99. The molecule has 1 aliphatic heterocycles. The number of nitrogens with zero attached hydrogens (tertiary/aromatic N) is 2. The van der Waals surface area contributed by atoms with E-state index in [0.717, 1.165) is 0 Å². The Kier molecular flexibility index (Phi) is 5.71. The van der Waals surface area contributed by atoms with Gasteiger partial charge in [-0.15, -0.1) is 0 Å². The predicted molar refractivity (Wildman–Crippen MR) is 104 cm³/mol. The number of ether oxygens (including phenoxy) is 1. The van der Waals surface area contributed by atoms with Crippen molar-refractivity contribution in [2.24, 2.45) is 5.16 Å². The van der Waals surface area contributed by atoms with Crippen LogP contribution in [-0.4, -0.2) is 22.2 Å². The molecule has 1 aliphatic rings. The monoisotopic (exact) mass is 423 g/mol. The molecule has 28 heavy (non-hydrogen) atoms. The number of benzene rings is 1. The highest BCUT2D eigenvalue weighted by Crippen LogP contribution is 2.38. The van der Waals surface area contributed by atoms with Crippen molar-refractivity contribution in [3.63, 3.8) is 0 Å². The highest BCUT2D eigenvalue weighted by Gasteiger charge is 2.24. The third-order valence-electron chi connectivity index (χ3n) is 3.77. The van der Waals surface area contributed by atoms with Gasteiger partial charge in [0, 0.05) is 17.8 Å². The Morgan fingerprint density at radius 3 is 2.50 bits per heavy atom. The number of aromatic nitrogens is 1. The molecule has 2 aromatic rings. The van der Waals surface area contributed by atoms with E-state index in [9.17, 15) is 14.4 Å². The fourth-order valence-electron chi connectivity index (χ4n) is 2.43. The van der Waals surface area contributed by atoms with E-state index < -0.39 is 11.9 Å². The lowest BCUT2D eigenvalue weighted by molar-refractivity contribution is -0.140. The zero-order valence-electron chi connectivity index (χ0n) is 14.9. The molecule has 0 saturated carbocycles. The van der Waals surface area contributed by atoms with Crippen LogP contribution in [0.4, 0.5) is 5.69 Å². The number of carbonyl (C=O) groups is 2. The highest BCUT2D eigenvalue weighted by molar-refractivity contribution is 6.46. The molecule has 2 heterocycles. The van der Waals surface area contributed by atoms with Crippen LogP contribution in [0.25, 0.3) is 0 Å². The number of anilines is 1. The third kappa shape index (κ3) is 4.35. The zero-order chi connectivity index (χ0) is 20.4. The van der Waals surface area contributed by atoms with Crippen LogP contribution in [0.5, 0.6) is 11.5 Å². The fraction of sp³-hybridized carbons (Fsp3) is 0.222. The molecule has 8 nitrogen and oxygen atoms in total. The SMILES string of the molecule is CC(C)n1cc(Oc2c(Cl)cc(NC(=O)C3=NOC(=O)C3)cc2Cl)ccc1=O. The summed E-state index contributed by atoms with van der Waals surface area (Å²) in [5.74, 6) is -0.653. The molecule has 0 atom stereocenters. The molecule has 146 valence electrons. The minimum atomic E-state index is -0.604. The molecule has 1 aromatic heterocycles. The maximum absolute atomic E-state index is 12.1. The quantitative estimate of drug-likeness (QED) is 0.737. The molecular formula is C18H15Cl2N3O5. The van der Waals surface area contributed by atoms with Crippen molar-refractivity contribution >= 4 is 46.5 Å². The second kappa shape index (κ2) is 8.04. The molecule has 1 N–H and O–H groups in total. The number of oxime groups is 1. The van der Waals surface area contributed by atoms with E-state index in [1.165, 1.54) is 28.8 Å². The lowest BCUT2D eigenvalue weighted by Gasteiger charge is -2.14. The number of hydrogen-bond donors (Lipinski definition) is 1. The summed E-state index contributed by atoms with van der Waals surface area (Å²) in [6.45, 7) is 3.74. The molecule has 1 amide bonds. The van der Waals surface area contributed by atoms with Gasteiger partial charge in [-0.25, -0.2) is 4.79 Å². The molecule has 0 aliphatic carbocycles. The van der Waals surface area contributed by atoms with Crippen LogP contribution >= 0.6 is 23.2 Å². The first kappa shape index (κ1) is 19.9. The van der Waals surface area contributed by atoms with Gasteiger partial charge in [0.15, 0.2) is 11.5 Å². The van der Waals surface area contributed by atoms with Gasteiger partial charge in [-0.05, 0) is 32.0 Å². The van der Waals surface area contributed by atoms with E-state index in [1.54, 1.807) is 6.20 Å². The normalized spacial score (nSPS) is 13.3. The van der Waals surface area contributed by atoms with Crippen molar-refractivity contribution in [1.82, 2.24) is 4.57 Å². The molecule has 0 saturated heterocycles. The zero-order valence-corrected chi connectivity index (χ0v) is 16.4. The first-order chi connectivity index (χ1) is 13.2. The van der Waals surface area contributed by atoms with Gasteiger partial charge in [0.1, 0.15) is 5.75 Å². The molecule has 0 bridgehead atoms. The summed E-state index contributed by atoms with van der Waals surface area (Å²) in [4.78, 5) is 39.3. The Hall–Kier alpha value is -2.84. The number of pyridine rings is 1. The van der Waals surface area contributed by atoms with E-state index in [0.29, 0.717) is 11.4 Å². The van der Waals surface area contributed by atoms with Crippen molar-refractivity contribution in [3.05, 3.63) is 50.9 Å². The van der Waals surface area contributed by atoms with E-state index in [2.05, 4.69) is 15.3 Å². The van der Waals surface area contributed by atoms with Gasteiger partial charge in [0.05, 0.1) is 22.7 Å². The summed E-state index contributed by atoms with van der Waals surface area (Å²) in [5.41, 5.74) is 0.0879. The van der Waals surface area contributed by atoms with Crippen molar-refractivity contribution < 1.29 is 19.2 Å². The summed E-state index contributed by atoms with van der Waals surface area (Å²) in [6, 6.07) is 5.74. The molecule has 3 rings (SSSR count). The van der Waals surface area contributed by atoms with Gasteiger partial charge in [-0.1, -0.05) is 28.4 Å². The lowest BCUT2D eigenvalue weighted by Crippen LogP contribution is -2.22. The van der Waals surface area contributed by atoms with Gasteiger partial charge in [0.25, 0.3) is 11.5 Å². The Balaban J connectivity index is 1.81. The van der Waals surface area contributed by atoms with Crippen LogP contribution in [0.1, 0.15) is 26.3 Å². The number of carbonyl (C=O) groups excluding carboxylic acids is 2. The molecule has 0 spiro atoms. The molecule has 10 heteroatoms. The van der Waals surface area contributed by atoms with Crippen LogP contribution in [-0.2, 0) is 14.4 Å². The average Bonchev–Trinajstić information content (AvgIpc) is 3.06. The van der Waals surface area contributed by atoms with Crippen LogP contribution in [0.2, 0.25) is 10.0 Å². The highest BCUT2D eigenvalue weighted by atomic mass is 35.5. The summed E-state index contributed by atoms with van der Waals surface area (Å²) in [6.07, 6.45) is 1.35. The minimum Gasteiger partial charge on any atom is -0.453 e. The van der Waals surface area contributed by atoms with Crippen LogP contribution in [0, 0.1) is 0 Å². The number of rotatable bonds is 5. The first-order valence-electron chi connectivity index (χ1n) is 8.21. The molecule has 0 radical (unpaired) electrons. The Morgan fingerprint density at radius 1 is 1.25 bits per heavy atom.